The van der Waals surface area contributed by atoms with Crippen LogP contribution in [0.4, 0.5) is 5.69 Å². The Morgan fingerprint density at radius 1 is 1.30 bits per heavy atom. The zero-order chi connectivity index (χ0) is 14.8. The van der Waals surface area contributed by atoms with Gasteiger partial charge < -0.3 is 10.6 Å². The van der Waals surface area contributed by atoms with E-state index in [9.17, 15) is 13.2 Å². The average Bonchev–Trinajstić information content (AvgIpc) is 2.85. The maximum atomic E-state index is 12.2. The van der Waals surface area contributed by atoms with Gasteiger partial charge in [0.25, 0.3) is 0 Å². The molecule has 0 aromatic heterocycles. The Balaban J connectivity index is 2.24. The lowest BCUT2D eigenvalue weighted by atomic mass is 9.97. The summed E-state index contributed by atoms with van der Waals surface area (Å²) in [6, 6.07) is 6.38. The highest BCUT2D eigenvalue weighted by atomic mass is 32.2. The van der Waals surface area contributed by atoms with Gasteiger partial charge in [-0.1, -0.05) is 19.1 Å². The summed E-state index contributed by atoms with van der Waals surface area (Å²) in [5, 5.41) is 5.88. The van der Waals surface area contributed by atoms with E-state index in [1.165, 1.54) is 13.1 Å². The highest BCUT2D eigenvalue weighted by Crippen LogP contribution is 2.23. The largest absolute Gasteiger partial charge is 0.325 e. The molecule has 7 heteroatoms. The summed E-state index contributed by atoms with van der Waals surface area (Å²) < 4.78 is 26.1. The van der Waals surface area contributed by atoms with Crippen molar-refractivity contribution in [1.29, 1.82) is 0 Å². The lowest BCUT2D eigenvalue weighted by Crippen LogP contribution is -2.29. The topological polar surface area (TPSA) is 87.3 Å². The fourth-order valence-corrected chi connectivity index (χ4v) is 3.19. The van der Waals surface area contributed by atoms with Gasteiger partial charge in [-0.05, 0) is 31.6 Å². The Hall–Kier alpha value is -1.44. The van der Waals surface area contributed by atoms with E-state index in [4.69, 9.17) is 0 Å². The number of nitrogens with one attached hydrogen (secondary N) is 3. The molecule has 20 heavy (non-hydrogen) atoms. The number of amides is 1. The van der Waals surface area contributed by atoms with Gasteiger partial charge in [0.15, 0.2) is 0 Å². The Labute approximate surface area is 119 Å². The summed E-state index contributed by atoms with van der Waals surface area (Å²) in [7, 11) is -2.25. The smallest absolute Gasteiger partial charge is 0.242 e. The first-order valence-electron chi connectivity index (χ1n) is 6.50. The van der Waals surface area contributed by atoms with Crippen LogP contribution >= 0.6 is 0 Å². The maximum absolute atomic E-state index is 12.2. The number of benzene rings is 1. The highest BCUT2D eigenvalue weighted by Gasteiger charge is 2.30. The van der Waals surface area contributed by atoms with Crippen LogP contribution in [0.25, 0.3) is 0 Å². The Morgan fingerprint density at radius 2 is 2.00 bits per heavy atom. The molecule has 110 valence electrons. The van der Waals surface area contributed by atoms with E-state index in [0.29, 0.717) is 12.2 Å². The predicted octanol–water partition coefficient (Wildman–Crippen LogP) is 0.389. The van der Waals surface area contributed by atoms with E-state index in [1.807, 2.05) is 6.92 Å². The van der Waals surface area contributed by atoms with Gasteiger partial charge in [-0.2, -0.15) is 0 Å². The molecular weight excluding hydrogens is 278 g/mol. The van der Waals surface area contributed by atoms with Gasteiger partial charge in [0, 0.05) is 6.54 Å². The second kappa shape index (κ2) is 5.90. The van der Waals surface area contributed by atoms with E-state index in [1.54, 1.807) is 18.2 Å². The zero-order valence-corrected chi connectivity index (χ0v) is 12.3. The average molecular weight is 297 g/mol. The number of hydrogen-bond acceptors (Lipinski definition) is 4. The molecule has 1 aromatic rings. The van der Waals surface area contributed by atoms with Crippen LogP contribution in [0, 0.1) is 11.8 Å². The number of hydrogen-bond donors (Lipinski definition) is 3. The van der Waals surface area contributed by atoms with Gasteiger partial charge in [0.1, 0.15) is 4.90 Å². The van der Waals surface area contributed by atoms with Crippen LogP contribution in [0.15, 0.2) is 29.2 Å². The lowest BCUT2D eigenvalue weighted by Gasteiger charge is -2.16. The number of sulfonamides is 1. The van der Waals surface area contributed by atoms with Crippen molar-refractivity contribution in [2.75, 3.05) is 25.5 Å². The fraction of sp³-hybridized carbons (Fsp3) is 0.462. The van der Waals surface area contributed by atoms with Gasteiger partial charge in [-0.15, -0.1) is 0 Å². The van der Waals surface area contributed by atoms with E-state index in [-0.39, 0.29) is 22.6 Å². The molecule has 1 saturated heterocycles. The number of para-hydroxylation sites is 1. The molecule has 0 radical (unpaired) electrons. The third-order valence-electron chi connectivity index (χ3n) is 3.56. The fourth-order valence-electron chi connectivity index (χ4n) is 2.30. The summed E-state index contributed by atoms with van der Waals surface area (Å²) in [5.41, 5.74) is 0.311. The summed E-state index contributed by atoms with van der Waals surface area (Å²) in [6.45, 7) is 3.42. The van der Waals surface area contributed by atoms with Crippen LogP contribution in [0.1, 0.15) is 6.92 Å². The maximum Gasteiger partial charge on any atom is 0.242 e. The van der Waals surface area contributed by atoms with Crippen molar-refractivity contribution in [1.82, 2.24) is 10.0 Å². The van der Waals surface area contributed by atoms with Crippen molar-refractivity contribution in [2.24, 2.45) is 11.8 Å². The molecule has 0 bridgehead atoms. The van der Waals surface area contributed by atoms with E-state index in [0.717, 1.165) is 6.54 Å². The van der Waals surface area contributed by atoms with Crippen LogP contribution in [-0.4, -0.2) is 34.5 Å². The molecule has 6 nitrogen and oxygen atoms in total. The second-order valence-corrected chi connectivity index (χ2v) is 6.79. The molecule has 2 atom stereocenters. The van der Waals surface area contributed by atoms with Gasteiger partial charge in [0.05, 0.1) is 11.6 Å². The third-order valence-corrected chi connectivity index (χ3v) is 5.03. The normalized spacial score (nSPS) is 22.7. The van der Waals surface area contributed by atoms with Crippen molar-refractivity contribution in [3.05, 3.63) is 24.3 Å². The molecule has 1 aromatic carbocycles. The second-order valence-electron chi connectivity index (χ2n) is 4.93. The molecule has 1 aliphatic rings. The Morgan fingerprint density at radius 3 is 2.60 bits per heavy atom. The zero-order valence-electron chi connectivity index (χ0n) is 11.5. The minimum absolute atomic E-state index is 0.0782. The number of rotatable bonds is 4. The van der Waals surface area contributed by atoms with Gasteiger partial charge >= 0.3 is 0 Å². The number of anilines is 1. The first kappa shape index (κ1) is 15.0. The van der Waals surface area contributed by atoms with Crippen LogP contribution in [0.3, 0.4) is 0 Å². The van der Waals surface area contributed by atoms with Crippen molar-refractivity contribution in [2.45, 2.75) is 11.8 Å². The van der Waals surface area contributed by atoms with Crippen molar-refractivity contribution < 1.29 is 13.2 Å². The molecule has 1 fully saturated rings. The molecule has 0 aliphatic carbocycles. The van der Waals surface area contributed by atoms with E-state index >= 15 is 0 Å². The highest BCUT2D eigenvalue weighted by molar-refractivity contribution is 7.89. The van der Waals surface area contributed by atoms with Crippen LogP contribution in [0.5, 0.6) is 0 Å². The Bertz CT molecular complexity index is 601. The number of carbonyl (C=O) groups excluding carboxylic acids is 1. The first-order valence-corrected chi connectivity index (χ1v) is 7.98. The molecule has 2 rings (SSSR count). The molecule has 3 N–H and O–H groups in total. The van der Waals surface area contributed by atoms with Gasteiger partial charge in [0.2, 0.25) is 15.9 Å². The minimum Gasteiger partial charge on any atom is -0.325 e. The summed E-state index contributed by atoms with van der Waals surface area (Å²) in [6.07, 6.45) is 0. The molecule has 2 unspecified atom stereocenters. The first-order chi connectivity index (χ1) is 9.45. The lowest BCUT2D eigenvalue weighted by molar-refractivity contribution is -0.120. The SMILES string of the molecule is CNS(=O)(=O)c1ccccc1NC(=O)C1CNCC1C. The van der Waals surface area contributed by atoms with Crippen molar-refractivity contribution in [3.8, 4) is 0 Å². The van der Waals surface area contributed by atoms with Crippen molar-refractivity contribution in [3.63, 3.8) is 0 Å². The van der Waals surface area contributed by atoms with Gasteiger partial charge in [-0.25, -0.2) is 13.1 Å². The summed E-state index contributed by atoms with van der Waals surface area (Å²) in [5.74, 6) is -0.0512. The monoisotopic (exact) mass is 297 g/mol. The molecule has 1 aliphatic heterocycles. The van der Waals surface area contributed by atoms with Crippen LogP contribution < -0.4 is 15.4 Å². The van der Waals surface area contributed by atoms with Crippen LogP contribution in [-0.2, 0) is 14.8 Å². The number of carbonyl (C=O) groups is 1. The molecule has 1 heterocycles. The molecule has 1 amide bonds. The molecule has 0 spiro atoms. The van der Waals surface area contributed by atoms with Gasteiger partial charge in [-0.3, -0.25) is 4.79 Å². The minimum atomic E-state index is -3.59. The third kappa shape index (κ3) is 3.00. The van der Waals surface area contributed by atoms with E-state index in [2.05, 4.69) is 15.4 Å². The molecule has 0 saturated carbocycles. The summed E-state index contributed by atoms with van der Waals surface area (Å²) in [4.78, 5) is 12.3. The van der Waals surface area contributed by atoms with E-state index < -0.39 is 10.0 Å². The van der Waals surface area contributed by atoms with Crippen LogP contribution in [0.2, 0.25) is 0 Å². The van der Waals surface area contributed by atoms with Crippen molar-refractivity contribution >= 4 is 21.6 Å². The quantitative estimate of drug-likeness (QED) is 0.750. The summed E-state index contributed by atoms with van der Waals surface area (Å²) >= 11 is 0. The standard InChI is InChI=1S/C13H19N3O3S/c1-9-7-15-8-10(9)13(17)16-11-5-3-4-6-12(11)20(18,19)14-2/h3-6,9-10,14-15H,7-8H2,1-2H3,(H,16,17). The Kier molecular flexibility index (Phi) is 4.42. The molecular formula is C13H19N3O3S. The predicted molar refractivity (Wildman–Crippen MR) is 76.8 cm³/mol.